The number of thiophene rings is 1. The van der Waals surface area contributed by atoms with Crippen molar-refractivity contribution >= 4 is 43.7 Å². The summed E-state index contributed by atoms with van der Waals surface area (Å²) in [7, 11) is -0.408. The molecule has 0 amide bonds. The predicted octanol–water partition coefficient (Wildman–Crippen LogP) is 4.79. The lowest BCUT2D eigenvalue weighted by molar-refractivity contribution is 0.414. The minimum absolute atomic E-state index is 0.222. The Morgan fingerprint density at radius 3 is 2.43 bits per heavy atom. The van der Waals surface area contributed by atoms with Gasteiger partial charge in [0.2, 0.25) is 0 Å². The van der Waals surface area contributed by atoms with E-state index in [4.69, 9.17) is 21.1 Å². The molecule has 0 bridgehead atoms. The molecule has 0 radical (unpaired) electrons. The van der Waals surface area contributed by atoms with Gasteiger partial charge in [-0.2, -0.15) is 5.10 Å². The topological polar surface area (TPSA) is 70.4 Å². The fraction of sp³-hybridized carbons (Fsp3) is 0.190. The molecular formula is C21H19ClN2O4S2. The average molecular weight is 463 g/mol. The van der Waals surface area contributed by atoms with Gasteiger partial charge in [0, 0.05) is 0 Å². The largest absolute Gasteiger partial charge is 0.497 e. The molecule has 0 saturated heterocycles. The van der Waals surface area contributed by atoms with E-state index in [1.165, 1.54) is 6.07 Å². The van der Waals surface area contributed by atoms with E-state index >= 15 is 0 Å². The number of rotatable bonds is 7. The molecule has 6 nitrogen and oxygen atoms in total. The first-order valence-corrected chi connectivity index (χ1v) is 11.9. The van der Waals surface area contributed by atoms with E-state index in [9.17, 15) is 8.42 Å². The van der Waals surface area contributed by atoms with Gasteiger partial charge in [0.05, 0.1) is 41.7 Å². The number of hydrogen-bond acceptors (Lipinski definition) is 6. The summed E-state index contributed by atoms with van der Waals surface area (Å²) in [6.07, 6.45) is 0. The Bertz CT molecular complexity index is 1290. The van der Waals surface area contributed by atoms with Gasteiger partial charge in [0.15, 0.2) is 9.84 Å². The zero-order valence-corrected chi connectivity index (χ0v) is 18.7. The number of ether oxygens (including phenoxy) is 2. The van der Waals surface area contributed by atoms with Crippen LogP contribution in [0.15, 0.2) is 58.8 Å². The summed E-state index contributed by atoms with van der Waals surface area (Å²) in [5, 5.41) is 5.35. The van der Waals surface area contributed by atoms with Gasteiger partial charge < -0.3 is 9.47 Å². The quantitative estimate of drug-likeness (QED) is 0.395. The van der Waals surface area contributed by atoms with Crippen molar-refractivity contribution in [3.63, 3.8) is 0 Å². The minimum Gasteiger partial charge on any atom is -0.497 e. The lowest BCUT2D eigenvalue weighted by atomic mass is 10.2. The smallest absolute Gasteiger partial charge is 0.193 e. The van der Waals surface area contributed by atoms with Gasteiger partial charge in [-0.3, -0.25) is 4.68 Å². The number of aromatic nitrogens is 2. The van der Waals surface area contributed by atoms with Gasteiger partial charge in [0.1, 0.15) is 21.5 Å². The Hall–Kier alpha value is -2.55. The van der Waals surface area contributed by atoms with Gasteiger partial charge in [0.25, 0.3) is 0 Å². The van der Waals surface area contributed by atoms with Crippen LogP contribution < -0.4 is 9.47 Å². The Morgan fingerprint density at radius 2 is 1.80 bits per heavy atom. The number of hydrogen-bond donors (Lipinski definition) is 0. The summed E-state index contributed by atoms with van der Waals surface area (Å²) in [6, 6.07) is 16.4. The van der Waals surface area contributed by atoms with Gasteiger partial charge in [-0.15, -0.1) is 11.3 Å². The molecule has 30 heavy (non-hydrogen) atoms. The molecule has 4 aromatic rings. The zero-order chi connectivity index (χ0) is 21.3. The van der Waals surface area contributed by atoms with Crippen molar-refractivity contribution in [2.75, 3.05) is 14.2 Å². The third-order valence-corrected chi connectivity index (χ3v) is 8.15. The lowest BCUT2D eigenvalue weighted by Gasteiger charge is -2.06. The highest BCUT2D eigenvalue weighted by Gasteiger charge is 2.24. The maximum atomic E-state index is 12.9. The van der Waals surface area contributed by atoms with Crippen molar-refractivity contribution in [2.45, 2.75) is 16.5 Å². The standard InChI is InChI=1S/C21H19ClN2O4S2/c1-27-15-8-6-14(7-9-15)12-24-17-4-3-5-18(28-2)21(17)16(23-24)13-30(25,26)20-11-10-19(22)29-20/h3-11H,12-13H2,1-2H3. The summed E-state index contributed by atoms with van der Waals surface area (Å²) in [5.74, 6) is 1.12. The van der Waals surface area contributed by atoms with Crippen LogP contribution in [0.2, 0.25) is 4.34 Å². The molecule has 0 unspecified atom stereocenters. The molecule has 0 fully saturated rings. The first-order chi connectivity index (χ1) is 14.4. The number of benzene rings is 2. The highest BCUT2D eigenvalue weighted by Crippen LogP contribution is 2.33. The van der Waals surface area contributed by atoms with Gasteiger partial charge in [-0.1, -0.05) is 29.8 Å². The van der Waals surface area contributed by atoms with Gasteiger partial charge in [-0.25, -0.2) is 8.42 Å². The molecule has 2 aromatic carbocycles. The molecule has 4 rings (SSSR count). The van der Waals surface area contributed by atoms with E-state index in [0.29, 0.717) is 27.7 Å². The average Bonchev–Trinajstić information content (AvgIpc) is 3.33. The van der Waals surface area contributed by atoms with Crippen molar-refractivity contribution in [2.24, 2.45) is 0 Å². The highest BCUT2D eigenvalue weighted by atomic mass is 35.5. The molecule has 0 saturated carbocycles. The third kappa shape index (κ3) is 4.03. The van der Waals surface area contributed by atoms with Crippen molar-refractivity contribution in [3.05, 3.63) is 70.2 Å². The Morgan fingerprint density at radius 1 is 1.03 bits per heavy atom. The van der Waals surface area contributed by atoms with Crippen LogP contribution in [0, 0.1) is 0 Å². The SMILES string of the molecule is COc1ccc(Cn2nc(CS(=O)(=O)c3ccc(Cl)s3)c3c(OC)cccc32)cc1. The van der Waals surface area contributed by atoms with Crippen LogP contribution in [0.25, 0.3) is 10.9 Å². The van der Waals surface area contributed by atoms with E-state index in [-0.39, 0.29) is 9.96 Å². The van der Waals surface area contributed by atoms with Crippen LogP contribution in [0.4, 0.5) is 0 Å². The predicted molar refractivity (Wildman–Crippen MR) is 119 cm³/mol. The molecule has 2 aromatic heterocycles. The second-order valence-corrected chi connectivity index (χ2v) is 10.6. The normalized spacial score (nSPS) is 11.7. The monoisotopic (exact) mass is 462 g/mol. The molecular weight excluding hydrogens is 444 g/mol. The van der Waals surface area contributed by atoms with Crippen molar-refractivity contribution in [1.82, 2.24) is 9.78 Å². The number of nitrogens with zero attached hydrogens (tertiary/aromatic N) is 2. The maximum Gasteiger partial charge on any atom is 0.193 e. The van der Waals surface area contributed by atoms with Crippen LogP contribution in [-0.4, -0.2) is 32.4 Å². The summed E-state index contributed by atoms with van der Waals surface area (Å²) in [4.78, 5) is 0. The van der Waals surface area contributed by atoms with Crippen molar-refractivity contribution < 1.29 is 17.9 Å². The zero-order valence-electron chi connectivity index (χ0n) is 16.3. The second-order valence-electron chi connectivity index (χ2n) is 6.62. The number of methoxy groups -OCH3 is 2. The van der Waals surface area contributed by atoms with E-state index in [2.05, 4.69) is 5.10 Å². The fourth-order valence-electron chi connectivity index (χ4n) is 3.29. The van der Waals surface area contributed by atoms with Gasteiger partial charge in [-0.05, 0) is 42.0 Å². The molecule has 0 aliphatic carbocycles. The minimum atomic E-state index is -3.59. The van der Waals surface area contributed by atoms with Crippen molar-refractivity contribution in [1.29, 1.82) is 0 Å². The Labute approximate surface area is 183 Å². The maximum absolute atomic E-state index is 12.9. The van der Waals surface area contributed by atoms with Crippen LogP contribution in [-0.2, 0) is 22.1 Å². The third-order valence-electron chi connectivity index (χ3n) is 4.71. The van der Waals surface area contributed by atoms with Crippen molar-refractivity contribution in [3.8, 4) is 11.5 Å². The number of fused-ring (bicyclic) bond motifs is 1. The highest BCUT2D eigenvalue weighted by molar-refractivity contribution is 7.92. The molecule has 9 heteroatoms. The van der Waals surface area contributed by atoms with Crippen LogP contribution in [0.5, 0.6) is 11.5 Å². The van der Waals surface area contributed by atoms with E-state index in [1.807, 2.05) is 36.4 Å². The van der Waals surface area contributed by atoms with E-state index in [1.54, 1.807) is 31.0 Å². The number of sulfone groups is 1. The fourth-order valence-corrected chi connectivity index (χ4v) is 6.13. The summed E-state index contributed by atoms with van der Waals surface area (Å²) >= 11 is 6.98. The first-order valence-electron chi connectivity index (χ1n) is 9.04. The van der Waals surface area contributed by atoms with Crippen LogP contribution >= 0.6 is 22.9 Å². The molecule has 0 atom stereocenters. The molecule has 0 aliphatic rings. The molecule has 0 N–H and O–H groups in total. The van der Waals surface area contributed by atoms with E-state index < -0.39 is 9.84 Å². The van der Waals surface area contributed by atoms with Crippen LogP contribution in [0.1, 0.15) is 11.3 Å². The Kier molecular flexibility index (Phi) is 5.73. The first kappa shape index (κ1) is 20.7. The Balaban J connectivity index is 1.77. The van der Waals surface area contributed by atoms with E-state index in [0.717, 1.165) is 28.2 Å². The van der Waals surface area contributed by atoms with Crippen LogP contribution in [0.3, 0.4) is 0 Å². The van der Waals surface area contributed by atoms with Gasteiger partial charge >= 0.3 is 0 Å². The summed E-state index contributed by atoms with van der Waals surface area (Å²) in [6.45, 7) is 0.485. The summed E-state index contributed by atoms with van der Waals surface area (Å²) in [5.41, 5.74) is 2.27. The second kappa shape index (κ2) is 8.29. The lowest BCUT2D eigenvalue weighted by Crippen LogP contribution is -2.06. The molecule has 0 spiro atoms. The number of halogens is 1. The summed E-state index contributed by atoms with van der Waals surface area (Å²) < 4.78 is 39.1. The molecule has 156 valence electrons. The molecule has 0 aliphatic heterocycles. The molecule has 2 heterocycles.